The van der Waals surface area contributed by atoms with Crippen molar-refractivity contribution in [3.05, 3.63) is 29.8 Å². The van der Waals surface area contributed by atoms with Gasteiger partial charge in [0.15, 0.2) is 0 Å². The predicted molar refractivity (Wildman–Crippen MR) is 62.5 cm³/mol. The Balaban J connectivity index is 2.76. The predicted octanol–water partition coefficient (Wildman–Crippen LogP) is 2.49. The van der Waals surface area contributed by atoms with Gasteiger partial charge in [0, 0.05) is 12.0 Å². The van der Waals surface area contributed by atoms with Gasteiger partial charge in [-0.3, -0.25) is 4.79 Å². The third-order valence-corrected chi connectivity index (χ3v) is 2.27. The number of benzene rings is 1. The summed E-state index contributed by atoms with van der Waals surface area (Å²) in [4.78, 5) is 10.9. The third-order valence-electron chi connectivity index (χ3n) is 2.27. The summed E-state index contributed by atoms with van der Waals surface area (Å²) >= 11 is 0. The molecule has 88 valence electrons. The average Bonchev–Trinajstić information content (AvgIpc) is 2.16. The molecule has 0 bridgehead atoms. The molecule has 0 fully saturated rings. The van der Waals surface area contributed by atoms with Crippen molar-refractivity contribution in [2.24, 2.45) is 0 Å². The molecule has 0 aliphatic heterocycles. The number of Topliss-reactive ketones (excluding diaryl/α,β-unsaturated/α-hetero) is 1. The summed E-state index contributed by atoms with van der Waals surface area (Å²) in [5.74, 6) is 0.744. The Kier molecular flexibility index (Phi) is 4.50. The minimum Gasteiger partial charge on any atom is -0.490 e. The quantitative estimate of drug-likeness (QED) is 0.832. The van der Waals surface area contributed by atoms with Crippen LogP contribution in [-0.4, -0.2) is 17.0 Å². The first-order valence-corrected chi connectivity index (χ1v) is 5.43. The van der Waals surface area contributed by atoms with Crippen molar-refractivity contribution in [2.45, 2.75) is 39.4 Å². The highest BCUT2D eigenvalue weighted by molar-refractivity contribution is 5.75. The van der Waals surface area contributed by atoms with Crippen LogP contribution in [0.1, 0.15) is 38.9 Å². The van der Waals surface area contributed by atoms with E-state index in [-0.39, 0.29) is 11.9 Å². The number of ketones is 1. The van der Waals surface area contributed by atoms with Crippen molar-refractivity contribution in [1.82, 2.24) is 0 Å². The van der Waals surface area contributed by atoms with Crippen molar-refractivity contribution in [3.8, 4) is 5.75 Å². The zero-order valence-corrected chi connectivity index (χ0v) is 9.93. The van der Waals surface area contributed by atoms with Crippen LogP contribution in [0.3, 0.4) is 0 Å². The van der Waals surface area contributed by atoms with Crippen LogP contribution in [0.15, 0.2) is 24.3 Å². The second-order valence-corrected chi connectivity index (χ2v) is 4.05. The first-order valence-electron chi connectivity index (χ1n) is 5.43. The smallest absolute Gasteiger partial charge is 0.133 e. The Morgan fingerprint density at radius 2 is 2.00 bits per heavy atom. The van der Waals surface area contributed by atoms with Gasteiger partial charge in [-0.15, -0.1) is 0 Å². The molecule has 0 saturated carbocycles. The third kappa shape index (κ3) is 3.66. The Morgan fingerprint density at radius 1 is 1.38 bits per heavy atom. The SMILES string of the molecule is CC(=O)C[C@H](C)Oc1ccccc1[C@@H](C)O. The molecule has 16 heavy (non-hydrogen) atoms. The average molecular weight is 222 g/mol. The maximum absolute atomic E-state index is 10.9. The van der Waals surface area contributed by atoms with Gasteiger partial charge in [0.1, 0.15) is 17.6 Å². The molecule has 1 rings (SSSR count). The van der Waals surface area contributed by atoms with Crippen molar-refractivity contribution < 1.29 is 14.6 Å². The van der Waals surface area contributed by atoms with Gasteiger partial charge >= 0.3 is 0 Å². The van der Waals surface area contributed by atoms with Crippen LogP contribution in [0.2, 0.25) is 0 Å². The number of hydrogen-bond donors (Lipinski definition) is 1. The van der Waals surface area contributed by atoms with Crippen molar-refractivity contribution >= 4 is 5.78 Å². The molecule has 1 aromatic rings. The second-order valence-electron chi connectivity index (χ2n) is 4.05. The summed E-state index contributed by atoms with van der Waals surface area (Å²) in [6.07, 6.45) is -0.355. The van der Waals surface area contributed by atoms with Gasteiger partial charge < -0.3 is 9.84 Å². The van der Waals surface area contributed by atoms with Crippen LogP contribution in [0.5, 0.6) is 5.75 Å². The number of carbonyl (C=O) groups excluding carboxylic acids is 1. The lowest BCUT2D eigenvalue weighted by Crippen LogP contribution is -2.16. The minimum absolute atomic E-state index is 0.0991. The second kappa shape index (κ2) is 5.66. The Hall–Kier alpha value is -1.35. The highest BCUT2D eigenvalue weighted by atomic mass is 16.5. The Labute approximate surface area is 96.1 Å². The molecule has 0 saturated heterocycles. The molecule has 3 heteroatoms. The fraction of sp³-hybridized carbons (Fsp3) is 0.462. The van der Waals surface area contributed by atoms with E-state index in [2.05, 4.69) is 0 Å². The molecule has 2 atom stereocenters. The summed E-state index contributed by atoms with van der Waals surface area (Å²) in [5.41, 5.74) is 0.748. The molecular weight excluding hydrogens is 204 g/mol. The van der Waals surface area contributed by atoms with Crippen LogP contribution >= 0.6 is 0 Å². The highest BCUT2D eigenvalue weighted by Gasteiger charge is 2.12. The number of aliphatic hydroxyl groups excluding tert-OH is 1. The van der Waals surface area contributed by atoms with Gasteiger partial charge in [-0.2, -0.15) is 0 Å². The summed E-state index contributed by atoms with van der Waals surface area (Å²) in [5, 5.41) is 9.55. The van der Waals surface area contributed by atoms with Gasteiger partial charge in [-0.25, -0.2) is 0 Å². The van der Waals surface area contributed by atoms with Crippen LogP contribution in [-0.2, 0) is 4.79 Å². The van der Waals surface area contributed by atoms with Crippen molar-refractivity contribution in [3.63, 3.8) is 0 Å². The lowest BCUT2D eigenvalue weighted by atomic mass is 10.1. The summed E-state index contributed by atoms with van der Waals surface area (Å²) in [7, 11) is 0. The molecule has 0 aliphatic rings. The van der Waals surface area contributed by atoms with E-state index >= 15 is 0 Å². The number of aliphatic hydroxyl groups is 1. The topological polar surface area (TPSA) is 46.5 Å². The fourth-order valence-electron chi connectivity index (χ4n) is 1.60. The van der Waals surface area contributed by atoms with Gasteiger partial charge in [-0.1, -0.05) is 18.2 Å². The lowest BCUT2D eigenvalue weighted by Gasteiger charge is -2.17. The van der Waals surface area contributed by atoms with E-state index in [1.807, 2.05) is 25.1 Å². The molecule has 0 aliphatic carbocycles. The maximum atomic E-state index is 10.9. The van der Waals surface area contributed by atoms with E-state index in [1.165, 1.54) is 0 Å². The molecule has 0 spiro atoms. The van der Waals surface area contributed by atoms with E-state index in [4.69, 9.17) is 4.74 Å². The van der Waals surface area contributed by atoms with E-state index in [1.54, 1.807) is 19.9 Å². The van der Waals surface area contributed by atoms with E-state index in [0.29, 0.717) is 12.2 Å². The summed E-state index contributed by atoms with van der Waals surface area (Å²) < 4.78 is 5.64. The largest absolute Gasteiger partial charge is 0.490 e. The molecule has 0 radical (unpaired) electrons. The monoisotopic (exact) mass is 222 g/mol. The zero-order chi connectivity index (χ0) is 12.1. The van der Waals surface area contributed by atoms with E-state index in [0.717, 1.165) is 5.56 Å². The van der Waals surface area contributed by atoms with Crippen molar-refractivity contribution in [1.29, 1.82) is 0 Å². The lowest BCUT2D eigenvalue weighted by molar-refractivity contribution is -0.118. The molecule has 0 heterocycles. The molecule has 3 nitrogen and oxygen atoms in total. The number of para-hydroxylation sites is 1. The van der Waals surface area contributed by atoms with Gasteiger partial charge in [0.2, 0.25) is 0 Å². The van der Waals surface area contributed by atoms with Crippen LogP contribution in [0.25, 0.3) is 0 Å². The Bertz CT molecular complexity index is 358. The molecule has 0 aromatic heterocycles. The molecule has 1 N–H and O–H groups in total. The zero-order valence-electron chi connectivity index (χ0n) is 9.93. The highest BCUT2D eigenvalue weighted by Crippen LogP contribution is 2.25. The standard InChI is InChI=1S/C13H18O3/c1-9(14)8-10(2)16-13-7-5-4-6-12(13)11(3)15/h4-7,10-11,15H,8H2,1-3H3/t10-,11+/m0/s1. The number of ether oxygens (including phenoxy) is 1. The first kappa shape index (κ1) is 12.7. The Morgan fingerprint density at radius 3 is 2.56 bits per heavy atom. The fourth-order valence-corrected chi connectivity index (χ4v) is 1.60. The number of carbonyl (C=O) groups is 1. The molecule has 1 aromatic carbocycles. The van der Waals surface area contributed by atoms with Crippen LogP contribution < -0.4 is 4.74 Å². The van der Waals surface area contributed by atoms with Gasteiger partial charge in [0.05, 0.1) is 6.10 Å². The molecule has 0 unspecified atom stereocenters. The van der Waals surface area contributed by atoms with Crippen LogP contribution in [0, 0.1) is 0 Å². The normalized spacial score (nSPS) is 14.2. The van der Waals surface area contributed by atoms with Crippen molar-refractivity contribution in [2.75, 3.05) is 0 Å². The minimum atomic E-state index is -0.569. The van der Waals surface area contributed by atoms with E-state index < -0.39 is 6.10 Å². The summed E-state index contributed by atoms with van der Waals surface area (Å²) in [6, 6.07) is 7.32. The summed E-state index contributed by atoms with van der Waals surface area (Å²) in [6.45, 7) is 5.08. The molecule has 0 amide bonds. The van der Waals surface area contributed by atoms with E-state index in [9.17, 15) is 9.90 Å². The maximum Gasteiger partial charge on any atom is 0.133 e. The molecular formula is C13H18O3. The first-order chi connectivity index (χ1) is 7.50. The van der Waals surface area contributed by atoms with Gasteiger partial charge in [-0.05, 0) is 26.8 Å². The van der Waals surface area contributed by atoms with Gasteiger partial charge in [0.25, 0.3) is 0 Å². The number of rotatable bonds is 5. The van der Waals surface area contributed by atoms with Crippen LogP contribution in [0.4, 0.5) is 0 Å². The number of hydrogen-bond acceptors (Lipinski definition) is 3.